The summed E-state index contributed by atoms with van der Waals surface area (Å²) in [6.07, 6.45) is 5.72. The van der Waals surface area contributed by atoms with Crippen LogP contribution in [0.3, 0.4) is 0 Å². The van der Waals surface area contributed by atoms with Crippen molar-refractivity contribution in [2.75, 3.05) is 72.5 Å². The average molecular weight is 863 g/mol. The van der Waals surface area contributed by atoms with Crippen LogP contribution in [-0.4, -0.2) is 159 Å². The second kappa shape index (κ2) is 28.9. The molecule has 0 aromatic heterocycles. The lowest BCUT2D eigenvalue weighted by Crippen LogP contribution is -2.52. The zero-order valence-electron chi connectivity index (χ0n) is 34.5. The molecule has 0 aliphatic carbocycles. The van der Waals surface area contributed by atoms with Crippen LogP contribution >= 0.6 is 0 Å². The number of benzene rings is 3. The molecule has 2 fully saturated rings. The van der Waals surface area contributed by atoms with Gasteiger partial charge in [-0.1, -0.05) is 72.8 Å². The quantitative estimate of drug-likeness (QED) is 0.109. The Morgan fingerprint density at radius 3 is 1.26 bits per heavy atom. The van der Waals surface area contributed by atoms with Crippen molar-refractivity contribution >= 4 is 35.8 Å². The third kappa shape index (κ3) is 22.7. The van der Waals surface area contributed by atoms with E-state index in [1.54, 1.807) is 12.1 Å². The van der Waals surface area contributed by atoms with Crippen molar-refractivity contribution in [2.45, 2.75) is 24.8 Å². The molecule has 0 spiro atoms. The largest absolute Gasteiger partial charge is 0.478 e. The van der Waals surface area contributed by atoms with Crippen LogP contribution in [0.4, 0.5) is 4.39 Å². The van der Waals surface area contributed by atoms with Crippen molar-refractivity contribution in [3.8, 4) is 0 Å². The third-order valence-corrected chi connectivity index (χ3v) is 9.61. The van der Waals surface area contributed by atoms with Crippen molar-refractivity contribution < 1.29 is 63.8 Å². The number of carboxylic acids is 6. The molecule has 17 heteroatoms. The molecule has 5 rings (SSSR count). The van der Waals surface area contributed by atoms with E-state index in [4.69, 9.17) is 30.6 Å². The molecule has 62 heavy (non-hydrogen) atoms. The van der Waals surface area contributed by atoms with E-state index in [0.29, 0.717) is 48.4 Å². The average Bonchev–Trinajstić information content (AvgIpc) is 3.25. The minimum absolute atomic E-state index is 0.152. The van der Waals surface area contributed by atoms with Gasteiger partial charge >= 0.3 is 35.8 Å². The van der Waals surface area contributed by atoms with Crippen molar-refractivity contribution in [2.24, 2.45) is 0 Å². The Morgan fingerprint density at radius 1 is 0.516 bits per heavy atom. The van der Waals surface area contributed by atoms with Gasteiger partial charge in [0.2, 0.25) is 0 Å². The molecule has 6 N–H and O–H groups in total. The monoisotopic (exact) mass is 862 g/mol. The zero-order chi connectivity index (χ0) is 45.9. The number of nitrogens with zero attached hydrogens (tertiary/aromatic N) is 4. The van der Waals surface area contributed by atoms with Gasteiger partial charge in [0, 0.05) is 107 Å². The van der Waals surface area contributed by atoms with E-state index >= 15 is 0 Å². The number of carboxylic acid groups (broad SMARTS) is 6. The summed E-state index contributed by atoms with van der Waals surface area (Å²) in [4.78, 5) is 67.6. The van der Waals surface area contributed by atoms with Crippen LogP contribution in [0.5, 0.6) is 0 Å². The highest BCUT2D eigenvalue weighted by molar-refractivity contribution is 5.90. The van der Waals surface area contributed by atoms with Gasteiger partial charge in [-0.25, -0.2) is 33.2 Å². The Labute approximate surface area is 359 Å². The number of halogens is 1. The number of piperazine rings is 2. The van der Waals surface area contributed by atoms with Crippen LogP contribution in [0, 0.1) is 5.82 Å². The normalized spacial score (nSPS) is 15.4. The molecule has 0 amide bonds. The van der Waals surface area contributed by atoms with Gasteiger partial charge in [0.1, 0.15) is 5.82 Å². The maximum Gasteiger partial charge on any atom is 0.328 e. The fraction of sp³-hybridized carbons (Fsp3) is 0.333. The van der Waals surface area contributed by atoms with Crippen molar-refractivity contribution in [1.29, 1.82) is 0 Å². The van der Waals surface area contributed by atoms with Crippen molar-refractivity contribution in [1.82, 2.24) is 19.6 Å². The number of aliphatic carboxylic acids is 6. The Kier molecular flexibility index (Phi) is 24.0. The van der Waals surface area contributed by atoms with Gasteiger partial charge in [0.15, 0.2) is 0 Å². The first-order valence-corrected chi connectivity index (χ1v) is 19.7. The summed E-state index contributed by atoms with van der Waals surface area (Å²) in [7, 11) is 2.20. The predicted octanol–water partition coefficient (Wildman–Crippen LogP) is 4.48. The molecule has 2 aliphatic rings. The first kappa shape index (κ1) is 51.6. The van der Waals surface area contributed by atoms with Gasteiger partial charge < -0.3 is 40.4 Å². The Bertz CT molecular complexity index is 1760. The minimum Gasteiger partial charge on any atom is -0.478 e. The molecule has 1 unspecified atom stereocenters. The predicted molar refractivity (Wildman–Crippen MR) is 228 cm³/mol. The molecule has 1 atom stereocenters. The third-order valence-electron chi connectivity index (χ3n) is 9.61. The fourth-order valence-corrected chi connectivity index (χ4v) is 6.53. The summed E-state index contributed by atoms with van der Waals surface area (Å²) < 4.78 is 13.7. The summed E-state index contributed by atoms with van der Waals surface area (Å²) in [6, 6.07) is 29.5. The first-order valence-electron chi connectivity index (χ1n) is 19.7. The van der Waals surface area contributed by atoms with Crippen LogP contribution in [0.1, 0.15) is 41.5 Å². The lowest BCUT2D eigenvalue weighted by Gasteiger charge is -2.42. The SMILES string of the molecule is CN1CCN(C(CN2CCN(CCCC(c3ccccc3)c3ccccc3)CC2)c2ccc(F)cc2)CC1.O=C(O)/C=C/C(=O)O.O=C(O)/C=C/C(=O)O.O=C(O)/C=C/C(=O)O. The van der Waals surface area contributed by atoms with Gasteiger partial charge in [-0.05, 0) is 55.3 Å². The molecule has 0 bridgehead atoms. The second-order valence-corrected chi connectivity index (χ2v) is 14.1. The van der Waals surface area contributed by atoms with Crippen molar-refractivity contribution in [3.05, 3.63) is 144 Å². The van der Waals surface area contributed by atoms with Crippen LogP contribution < -0.4 is 0 Å². The lowest BCUT2D eigenvalue weighted by atomic mass is 9.87. The number of likely N-dealkylation sites (N-methyl/N-ethyl adjacent to an activating group) is 1. The van der Waals surface area contributed by atoms with Crippen molar-refractivity contribution in [3.63, 3.8) is 0 Å². The van der Waals surface area contributed by atoms with Gasteiger partial charge in [-0.2, -0.15) is 0 Å². The Balaban J connectivity index is 0.000000449. The summed E-state index contributed by atoms with van der Waals surface area (Å²) in [5.74, 6) is -7.24. The Morgan fingerprint density at radius 2 is 0.887 bits per heavy atom. The van der Waals surface area contributed by atoms with Crippen LogP contribution in [0.2, 0.25) is 0 Å². The van der Waals surface area contributed by atoms with E-state index in [9.17, 15) is 33.2 Å². The second-order valence-electron chi connectivity index (χ2n) is 14.1. The van der Waals surface area contributed by atoms with Gasteiger partial charge in [0.25, 0.3) is 0 Å². The summed E-state index contributed by atoms with van der Waals surface area (Å²) in [5, 5.41) is 46.9. The molecule has 2 heterocycles. The number of carbonyl (C=O) groups is 6. The topological polar surface area (TPSA) is 237 Å². The molecule has 0 saturated carbocycles. The van der Waals surface area contributed by atoms with E-state index < -0.39 is 35.8 Å². The van der Waals surface area contributed by atoms with Gasteiger partial charge in [-0.3, -0.25) is 9.80 Å². The first-order chi connectivity index (χ1) is 29.5. The minimum atomic E-state index is -1.26. The number of hydrogen-bond acceptors (Lipinski definition) is 10. The van der Waals surface area contributed by atoms with E-state index in [-0.39, 0.29) is 5.82 Å². The van der Waals surface area contributed by atoms with E-state index in [2.05, 4.69) is 87.3 Å². The van der Waals surface area contributed by atoms with E-state index in [1.165, 1.54) is 29.5 Å². The lowest BCUT2D eigenvalue weighted by molar-refractivity contribution is -0.134. The standard InChI is InChI=1S/C33H43FN4.3C4H4O4/c1-35-19-25-38(26-20-35)33(30-14-16-31(34)17-15-30)27-37-23-21-36(22-24-37)18-8-13-32(28-9-4-2-5-10-28)29-11-6-3-7-12-29;3*5-3(6)1-2-4(7)8/h2-7,9-12,14-17,32-33H,8,13,18-27H2,1H3;3*1-2H,(H,5,6)(H,7,8)/b;3*2-1+. The summed E-state index contributed by atoms with van der Waals surface area (Å²) in [6.45, 7) is 11.0. The summed E-state index contributed by atoms with van der Waals surface area (Å²) >= 11 is 0. The van der Waals surface area contributed by atoms with E-state index in [1.807, 2.05) is 12.1 Å². The van der Waals surface area contributed by atoms with Crippen LogP contribution in [0.25, 0.3) is 0 Å². The molecule has 3 aromatic carbocycles. The highest BCUT2D eigenvalue weighted by Crippen LogP contribution is 2.29. The van der Waals surface area contributed by atoms with Gasteiger partial charge in [0.05, 0.1) is 0 Å². The molecule has 334 valence electrons. The zero-order valence-corrected chi connectivity index (χ0v) is 34.5. The molecule has 0 radical (unpaired) electrons. The van der Waals surface area contributed by atoms with Gasteiger partial charge in [-0.15, -0.1) is 0 Å². The highest BCUT2D eigenvalue weighted by atomic mass is 19.1. The van der Waals surface area contributed by atoms with Crippen LogP contribution in [0.15, 0.2) is 121 Å². The molecular formula is C45H55FN4O12. The highest BCUT2D eigenvalue weighted by Gasteiger charge is 2.28. The molecule has 16 nitrogen and oxygen atoms in total. The van der Waals surface area contributed by atoms with E-state index in [0.717, 1.165) is 65.4 Å². The van der Waals surface area contributed by atoms with Crippen LogP contribution in [-0.2, 0) is 28.8 Å². The molecule has 2 saturated heterocycles. The molecular weight excluding hydrogens is 808 g/mol. The Hall–Kier alpha value is -6.53. The smallest absolute Gasteiger partial charge is 0.328 e. The fourth-order valence-electron chi connectivity index (χ4n) is 6.53. The maximum absolute atomic E-state index is 13.7. The summed E-state index contributed by atoms with van der Waals surface area (Å²) in [5.41, 5.74) is 4.07. The molecule has 3 aromatic rings. The number of hydrogen-bond donors (Lipinski definition) is 6. The molecule has 2 aliphatic heterocycles. The number of rotatable bonds is 16. The maximum atomic E-state index is 13.7.